The van der Waals surface area contributed by atoms with Crippen LogP contribution in [0.25, 0.3) is 6.08 Å². The van der Waals surface area contributed by atoms with Crippen molar-refractivity contribution < 1.29 is 9.18 Å². The first kappa shape index (κ1) is 18.8. The van der Waals surface area contributed by atoms with E-state index in [4.69, 9.17) is 0 Å². The van der Waals surface area contributed by atoms with Gasteiger partial charge in [0.2, 0.25) is 5.91 Å². The van der Waals surface area contributed by atoms with Crippen LogP contribution < -0.4 is 5.56 Å². The van der Waals surface area contributed by atoms with E-state index in [9.17, 15) is 14.0 Å². The Hall–Kier alpha value is -3.54. The quantitative estimate of drug-likeness (QED) is 0.698. The number of benzene rings is 2. The number of amides is 1. The summed E-state index contributed by atoms with van der Waals surface area (Å²) in [6.45, 7) is 0.733. The topological polar surface area (TPSA) is 66.1 Å². The molecule has 2 heterocycles. The van der Waals surface area contributed by atoms with Gasteiger partial charge in [-0.1, -0.05) is 42.5 Å². The number of carbonyl (C=O) groups excluding carboxylic acids is 1. The Morgan fingerprint density at radius 2 is 2.00 bits per heavy atom. The number of aromatic amines is 1. The van der Waals surface area contributed by atoms with Gasteiger partial charge in [0.1, 0.15) is 11.6 Å². The SMILES string of the molecule is O=C(/C=C/c1ccccc1)N1CCc2nc(Cc3cccc(F)c3)[nH]c(=O)c2C1. The van der Waals surface area contributed by atoms with E-state index in [1.54, 1.807) is 23.1 Å². The third kappa shape index (κ3) is 4.48. The molecule has 0 saturated heterocycles. The molecule has 4 rings (SSSR count). The predicted molar refractivity (Wildman–Crippen MR) is 109 cm³/mol. The minimum absolute atomic E-state index is 0.136. The van der Waals surface area contributed by atoms with Gasteiger partial charge in [0.15, 0.2) is 0 Å². The minimum Gasteiger partial charge on any atom is -0.334 e. The van der Waals surface area contributed by atoms with E-state index >= 15 is 0 Å². The smallest absolute Gasteiger partial charge is 0.256 e. The highest BCUT2D eigenvalue weighted by atomic mass is 19.1. The Morgan fingerprint density at radius 3 is 2.79 bits per heavy atom. The van der Waals surface area contributed by atoms with E-state index in [2.05, 4.69) is 9.97 Å². The molecule has 1 aliphatic rings. The zero-order valence-electron chi connectivity index (χ0n) is 15.8. The summed E-state index contributed by atoms with van der Waals surface area (Å²) in [6.07, 6.45) is 4.16. The second kappa shape index (κ2) is 8.22. The lowest BCUT2D eigenvalue weighted by molar-refractivity contribution is -0.126. The Labute approximate surface area is 167 Å². The fraction of sp³-hybridized carbons (Fsp3) is 0.174. The molecule has 0 bridgehead atoms. The number of nitrogens with zero attached hydrogens (tertiary/aromatic N) is 2. The maximum absolute atomic E-state index is 13.4. The molecule has 0 radical (unpaired) electrons. The molecular formula is C23H20FN3O2. The molecule has 0 saturated carbocycles. The fourth-order valence-corrected chi connectivity index (χ4v) is 3.43. The van der Waals surface area contributed by atoms with E-state index < -0.39 is 0 Å². The van der Waals surface area contributed by atoms with Crippen molar-refractivity contribution in [3.05, 3.63) is 105 Å². The second-order valence-corrected chi connectivity index (χ2v) is 7.00. The fourth-order valence-electron chi connectivity index (χ4n) is 3.43. The van der Waals surface area contributed by atoms with Crippen molar-refractivity contribution in [1.82, 2.24) is 14.9 Å². The largest absolute Gasteiger partial charge is 0.334 e. The monoisotopic (exact) mass is 389 g/mol. The van der Waals surface area contributed by atoms with Gasteiger partial charge < -0.3 is 9.88 Å². The summed E-state index contributed by atoms with van der Waals surface area (Å²) in [6, 6.07) is 15.8. The first-order valence-corrected chi connectivity index (χ1v) is 9.46. The van der Waals surface area contributed by atoms with Gasteiger partial charge in [-0.05, 0) is 29.3 Å². The zero-order chi connectivity index (χ0) is 20.2. The van der Waals surface area contributed by atoms with Crippen LogP contribution in [0.15, 0.2) is 65.5 Å². The van der Waals surface area contributed by atoms with E-state index in [1.165, 1.54) is 18.2 Å². The van der Waals surface area contributed by atoms with Gasteiger partial charge in [0, 0.05) is 25.5 Å². The van der Waals surface area contributed by atoms with Gasteiger partial charge in [-0.2, -0.15) is 0 Å². The van der Waals surface area contributed by atoms with Crippen LogP contribution in [0.4, 0.5) is 4.39 Å². The molecule has 0 unspecified atom stereocenters. The molecule has 1 N–H and O–H groups in total. The number of hydrogen-bond donors (Lipinski definition) is 1. The van der Waals surface area contributed by atoms with Crippen molar-refractivity contribution in [3.63, 3.8) is 0 Å². The number of carbonyl (C=O) groups is 1. The van der Waals surface area contributed by atoms with Crippen molar-refractivity contribution in [2.45, 2.75) is 19.4 Å². The van der Waals surface area contributed by atoms with Crippen LogP contribution in [0.2, 0.25) is 0 Å². The van der Waals surface area contributed by atoms with E-state index in [0.717, 1.165) is 11.1 Å². The van der Waals surface area contributed by atoms with Crippen molar-refractivity contribution in [2.75, 3.05) is 6.54 Å². The van der Waals surface area contributed by atoms with Crippen LogP contribution in [0.1, 0.15) is 28.2 Å². The Morgan fingerprint density at radius 1 is 1.17 bits per heavy atom. The van der Waals surface area contributed by atoms with Crippen LogP contribution >= 0.6 is 0 Å². The molecule has 1 aromatic heterocycles. The molecule has 0 spiro atoms. The predicted octanol–water partition coefficient (Wildman–Crippen LogP) is 3.10. The highest BCUT2D eigenvalue weighted by molar-refractivity contribution is 5.91. The number of halogens is 1. The highest BCUT2D eigenvalue weighted by Gasteiger charge is 2.23. The third-order valence-corrected chi connectivity index (χ3v) is 4.91. The molecule has 5 nitrogen and oxygen atoms in total. The average Bonchev–Trinajstić information content (AvgIpc) is 2.72. The summed E-state index contributed by atoms with van der Waals surface area (Å²) in [4.78, 5) is 34.0. The molecule has 2 aromatic carbocycles. The lowest BCUT2D eigenvalue weighted by Gasteiger charge is -2.27. The van der Waals surface area contributed by atoms with E-state index in [1.807, 2.05) is 30.3 Å². The number of aromatic nitrogens is 2. The molecule has 3 aromatic rings. The number of rotatable bonds is 4. The lowest BCUT2D eigenvalue weighted by Crippen LogP contribution is -2.39. The molecule has 1 amide bonds. The first-order chi connectivity index (χ1) is 14.1. The average molecular weight is 389 g/mol. The van der Waals surface area contributed by atoms with Gasteiger partial charge >= 0.3 is 0 Å². The Kier molecular flexibility index (Phi) is 5.33. The summed E-state index contributed by atoms with van der Waals surface area (Å²) in [5.74, 6) is 0.0476. The normalized spacial score (nSPS) is 13.5. The van der Waals surface area contributed by atoms with Gasteiger partial charge in [-0.15, -0.1) is 0 Å². The van der Waals surface area contributed by atoms with Crippen molar-refractivity contribution >= 4 is 12.0 Å². The molecule has 1 aliphatic heterocycles. The first-order valence-electron chi connectivity index (χ1n) is 9.46. The molecule has 6 heteroatoms. The maximum atomic E-state index is 13.4. The third-order valence-electron chi connectivity index (χ3n) is 4.91. The maximum Gasteiger partial charge on any atom is 0.256 e. The standard InChI is InChI=1S/C23H20FN3O2/c24-18-8-4-7-17(13-18)14-21-25-20-11-12-27(15-19(20)23(29)26-21)22(28)10-9-16-5-2-1-3-6-16/h1-10,13H,11-12,14-15H2,(H,25,26,29)/b10-9+. The number of H-pyrrole nitrogens is 1. The number of hydrogen-bond acceptors (Lipinski definition) is 3. The number of fused-ring (bicyclic) bond motifs is 1. The second-order valence-electron chi connectivity index (χ2n) is 7.00. The summed E-state index contributed by atoms with van der Waals surface area (Å²) >= 11 is 0. The molecule has 29 heavy (non-hydrogen) atoms. The van der Waals surface area contributed by atoms with Gasteiger partial charge in [-0.25, -0.2) is 9.37 Å². The number of nitrogens with one attached hydrogen (secondary N) is 1. The lowest BCUT2D eigenvalue weighted by atomic mass is 10.1. The Balaban J connectivity index is 1.49. The van der Waals surface area contributed by atoms with Crippen LogP contribution in [-0.4, -0.2) is 27.3 Å². The van der Waals surface area contributed by atoms with Crippen molar-refractivity contribution in [3.8, 4) is 0 Å². The van der Waals surface area contributed by atoms with Crippen LogP contribution in [-0.2, 0) is 24.2 Å². The van der Waals surface area contributed by atoms with Gasteiger partial charge in [0.25, 0.3) is 5.56 Å². The van der Waals surface area contributed by atoms with Crippen LogP contribution in [0, 0.1) is 5.82 Å². The molecule has 0 fully saturated rings. The molecule has 0 atom stereocenters. The summed E-state index contributed by atoms with van der Waals surface area (Å²) in [5, 5.41) is 0. The zero-order valence-corrected chi connectivity index (χ0v) is 15.8. The summed E-state index contributed by atoms with van der Waals surface area (Å²) in [5.41, 5.74) is 2.66. The Bertz CT molecular complexity index is 1120. The molecular weight excluding hydrogens is 369 g/mol. The van der Waals surface area contributed by atoms with Crippen molar-refractivity contribution in [1.29, 1.82) is 0 Å². The molecule has 146 valence electrons. The summed E-state index contributed by atoms with van der Waals surface area (Å²) < 4.78 is 13.4. The van der Waals surface area contributed by atoms with Crippen molar-refractivity contribution in [2.24, 2.45) is 0 Å². The highest BCUT2D eigenvalue weighted by Crippen LogP contribution is 2.16. The minimum atomic E-state index is -0.319. The van der Waals surface area contributed by atoms with E-state index in [0.29, 0.717) is 36.5 Å². The van der Waals surface area contributed by atoms with Gasteiger partial charge in [-0.3, -0.25) is 9.59 Å². The van der Waals surface area contributed by atoms with Crippen LogP contribution in [0.5, 0.6) is 0 Å². The molecule has 0 aliphatic carbocycles. The summed E-state index contributed by atoms with van der Waals surface area (Å²) in [7, 11) is 0. The van der Waals surface area contributed by atoms with E-state index in [-0.39, 0.29) is 23.8 Å². The van der Waals surface area contributed by atoms with Gasteiger partial charge in [0.05, 0.1) is 17.8 Å². The van der Waals surface area contributed by atoms with Crippen LogP contribution in [0.3, 0.4) is 0 Å².